The maximum atomic E-state index is 12.8. The lowest BCUT2D eigenvalue weighted by Crippen LogP contribution is -2.46. The lowest BCUT2D eigenvalue weighted by molar-refractivity contribution is -0.153. The number of pyridine rings is 1. The van der Waals surface area contributed by atoms with Crippen molar-refractivity contribution in [2.45, 2.75) is 30.7 Å². The first-order chi connectivity index (χ1) is 12.5. The predicted octanol–water partition coefficient (Wildman–Crippen LogP) is 1.88. The topological polar surface area (TPSA) is 85.8 Å². The average Bonchev–Trinajstić information content (AvgIpc) is 3.16. The number of carbonyl (C=O) groups excluding carboxylic acids is 1. The Morgan fingerprint density at radius 3 is 2.92 bits per heavy atom. The Kier molecular flexibility index (Phi) is 6.19. The van der Waals surface area contributed by atoms with Gasteiger partial charge in [0.05, 0.1) is 29.2 Å². The molecule has 0 saturated carbocycles. The molecule has 0 aliphatic carbocycles. The zero-order chi connectivity index (χ0) is 18.6. The van der Waals surface area contributed by atoms with Gasteiger partial charge in [-0.1, -0.05) is 18.2 Å². The highest BCUT2D eigenvalue weighted by Crippen LogP contribution is 2.23. The molecule has 26 heavy (non-hydrogen) atoms. The Morgan fingerprint density at radius 2 is 2.23 bits per heavy atom. The number of ether oxygens (including phenoxy) is 1. The predicted molar refractivity (Wildman–Crippen MR) is 101 cm³/mol. The first kappa shape index (κ1) is 19.2. The highest BCUT2D eigenvalue weighted by atomic mass is 32.2. The van der Waals surface area contributed by atoms with Gasteiger partial charge in [-0.2, -0.15) is 0 Å². The van der Waals surface area contributed by atoms with E-state index in [2.05, 4.69) is 4.98 Å². The lowest BCUT2D eigenvalue weighted by Gasteiger charge is -2.29. The van der Waals surface area contributed by atoms with Crippen LogP contribution in [0.5, 0.6) is 0 Å². The van der Waals surface area contributed by atoms with Gasteiger partial charge in [0.2, 0.25) is 6.41 Å². The fourth-order valence-corrected chi connectivity index (χ4v) is 5.07. The fraction of sp³-hybridized carbons (Fsp3) is 0.412. The smallest absolute Gasteiger partial charge is 0.233 e. The van der Waals surface area contributed by atoms with Gasteiger partial charge in [-0.25, -0.2) is 13.5 Å². The SMILES string of the molecule is O=CN(OP)C(CS(=O)(=O)Cc1cnc2ccccc2c1)C1CCCO1. The number of hydroxylamine groups is 2. The van der Waals surface area contributed by atoms with Crippen LogP contribution in [0.2, 0.25) is 0 Å². The third kappa shape index (κ3) is 4.57. The maximum absolute atomic E-state index is 12.8. The number of carbonyl (C=O) groups is 1. The molecule has 1 aromatic heterocycles. The minimum absolute atomic E-state index is 0.155. The van der Waals surface area contributed by atoms with Gasteiger partial charge in [0, 0.05) is 27.7 Å². The summed E-state index contributed by atoms with van der Waals surface area (Å²) in [6, 6.07) is 8.67. The van der Waals surface area contributed by atoms with E-state index < -0.39 is 15.9 Å². The van der Waals surface area contributed by atoms with Crippen LogP contribution in [0.4, 0.5) is 0 Å². The summed E-state index contributed by atoms with van der Waals surface area (Å²) >= 11 is 0. The van der Waals surface area contributed by atoms with E-state index in [1.807, 2.05) is 39.8 Å². The van der Waals surface area contributed by atoms with Crippen molar-refractivity contribution in [1.29, 1.82) is 0 Å². The molecule has 0 spiro atoms. The number of hydrogen-bond donors (Lipinski definition) is 0. The molecule has 140 valence electrons. The second-order valence-corrected chi connectivity index (χ2v) is 8.60. The number of para-hydroxylation sites is 1. The maximum Gasteiger partial charge on any atom is 0.233 e. The lowest BCUT2D eigenvalue weighted by atomic mass is 10.1. The molecule has 0 radical (unpaired) electrons. The molecule has 7 nitrogen and oxygen atoms in total. The molecule has 3 unspecified atom stereocenters. The van der Waals surface area contributed by atoms with E-state index >= 15 is 0 Å². The van der Waals surface area contributed by atoms with Crippen LogP contribution < -0.4 is 0 Å². The van der Waals surface area contributed by atoms with Crippen molar-refractivity contribution in [3.63, 3.8) is 0 Å². The summed E-state index contributed by atoms with van der Waals surface area (Å²) < 4.78 is 36.0. The number of aromatic nitrogens is 1. The molecule has 3 atom stereocenters. The van der Waals surface area contributed by atoms with E-state index in [9.17, 15) is 13.2 Å². The number of amides is 1. The molecule has 0 N–H and O–H groups in total. The van der Waals surface area contributed by atoms with Crippen LogP contribution in [0.15, 0.2) is 36.5 Å². The van der Waals surface area contributed by atoms with E-state index in [0.29, 0.717) is 25.0 Å². The van der Waals surface area contributed by atoms with Crippen LogP contribution in [0.1, 0.15) is 18.4 Å². The Bertz CT molecular complexity index is 870. The van der Waals surface area contributed by atoms with Crippen molar-refractivity contribution in [2.24, 2.45) is 0 Å². The minimum atomic E-state index is -3.51. The number of fused-ring (bicyclic) bond motifs is 1. The van der Waals surface area contributed by atoms with Crippen molar-refractivity contribution >= 4 is 36.6 Å². The molecule has 3 rings (SSSR count). The summed E-state index contributed by atoms with van der Waals surface area (Å²) in [5, 5.41) is 1.88. The Labute approximate surface area is 154 Å². The highest BCUT2D eigenvalue weighted by molar-refractivity contribution is 7.90. The molecule has 9 heteroatoms. The van der Waals surface area contributed by atoms with Crippen LogP contribution in [-0.2, 0) is 29.7 Å². The van der Waals surface area contributed by atoms with Crippen LogP contribution in [-0.4, -0.2) is 49.4 Å². The first-order valence-electron chi connectivity index (χ1n) is 8.28. The monoisotopic (exact) mass is 396 g/mol. The van der Waals surface area contributed by atoms with E-state index in [4.69, 9.17) is 9.36 Å². The number of sulfone groups is 1. The highest BCUT2D eigenvalue weighted by Gasteiger charge is 2.35. The van der Waals surface area contributed by atoms with Crippen molar-refractivity contribution < 1.29 is 22.6 Å². The zero-order valence-corrected chi connectivity index (χ0v) is 16.1. The minimum Gasteiger partial charge on any atom is -0.376 e. The molecule has 1 aromatic carbocycles. The van der Waals surface area contributed by atoms with Crippen LogP contribution in [0, 0.1) is 0 Å². The molecule has 1 amide bonds. The number of nitrogens with zero attached hydrogens (tertiary/aromatic N) is 2. The standard InChI is InChI=1S/C17H21N2O5PS/c20-12-19(24-25)16(17-6-3-7-23-17)11-26(21,22)10-13-8-14-4-1-2-5-15(14)18-9-13/h1-2,4-5,8-9,12,16-17H,3,6-7,10-11,25H2. The van der Waals surface area contributed by atoms with Crippen molar-refractivity contribution in [2.75, 3.05) is 12.4 Å². The van der Waals surface area contributed by atoms with Crippen LogP contribution in [0.3, 0.4) is 0 Å². The van der Waals surface area contributed by atoms with Crippen LogP contribution >= 0.6 is 9.47 Å². The van der Waals surface area contributed by atoms with E-state index in [-0.39, 0.29) is 17.6 Å². The fourth-order valence-electron chi connectivity index (χ4n) is 3.20. The number of rotatable bonds is 8. The molecule has 0 bridgehead atoms. The summed E-state index contributed by atoms with van der Waals surface area (Å²) in [7, 11) is -1.54. The van der Waals surface area contributed by atoms with Gasteiger partial charge in [0.1, 0.15) is 0 Å². The summed E-state index contributed by atoms with van der Waals surface area (Å²) in [6.45, 7) is 0.555. The first-order valence-corrected chi connectivity index (χ1v) is 10.6. The summed E-state index contributed by atoms with van der Waals surface area (Å²) in [6.07, 6.45) is 3.22. The third-order valence-electron chi connectivity index (χ3n) is 4.40. The second-order valence-electron chi connectivity index (χ2n) is 6.28. The number of benzene rings is 1. The van der Waals surface area contributed by atoms with Gasteiger partial charge in [-0.15, -0.1) is 0 Å². The van der Waals surface area contributed by atoms with Crippen LogP contribution in [0.25, 0.3) is 10.9 Å². The molecular formula is C17H21N2O5PS. The molecule has 1 aliphatic heterocycles. The quantitative estimate of drug-likeness (QED) is 0.385. The second kappa shape index (κ2) is 8.39. The van der Waals surface area contributed by atoms with Gasteiger partial charge < -0.3 is 4.74 Å². The Hall–Kier alpha value is -1.60. The molecule has 2 aromatic rings. The van der Waals surface area contributed by atoms with Gasteiger partial charge in [-0.3, -0.25) is 14.4 Å². The van der Waals surface area contributed by atoms with Gasteiger partial charge >= 0.3 is 0 Å². The largest absolute Gasteiger partial charge is 0.376 e. The number of hydrogen-bond acceptors (Lipinski definition) is 6. The van der Waals surface area contributed by atoms with E-state index in [1.54, 1.807) is 6.20 Å². The van der Waals surface area contributed by atoms with E-state index in [1.165, 1.54) is 0 Å². The summed E-state index contributed by atoms with van der Waals surface area (Å²) in [4.78, 5) is 15.6. The molecule has 1 aliphatic rings. The third-order valence-corrected chi connectivity index (χ3v) is 6.27. The molecular weight excluding hydrogens is 375 g/mol. The van der Waals surface area contributed by atoms with Crippen molar-refractivity contribution in [1.82, 2.24) is 10.0 Å². The average molecular weight is 396 g/mol. The zero-order valence-electron chi connectivity index (χ0n) is 14.2. The summed E-state index contributed by atoms with van der Waals surface area (Å²) in [5.74, 6) is -0.394. The molecule has 2 heterocycles. The summed E-state index contributed by atoms with van der Waals surface area (Å²) in [5.41, 5.74) is 1.42. The normalized spacial score (nSPS) is 18.7. The molecule has 1 fully saturated rings. The van der Waals surface area contributed by atoms with Gasteiger partial charge in [0.25, 0.3) is 0 Å². The Balaban J connectivity index is 1.79. The van der Waals surface area contributed by atoms with Crippen molar-refractivity contribution in [3.8, 4) is 0 Å². The Morgan fingerprint density at radius 1 is 1.42 bits per heavy atom. The van der Waals surface area contributed by atoms with Crippen molar-refractivity contribution in [3.05, 3.63) is 42.1 Å². The molecule has 1 saturated heterocycles. The van der Waals surface area contributed by atoms with E-state index in [0.717, 1.165) is 22.4 Å². The van der Waals surface area contributed by atoms with Gasteiger partial charge in [0.15, 0.2) is 9.84 Å². The van der Waals surface area contributed by atoms with Gasteiger partial charge in [-0.05, 0) is 30.5 Å².